The molecule has 4 heteroatoms. The van der Waals surface area contributed by atoms with Crippen molar-refractivity contribution in [3.05, 3.63) is 23.8 Å². The highest BCUT2D eigenvalue weighted by atomic mass is 16.5. The van der Waals surface area contributed by atoms with Gasteiger partial charge in [-0.25, -0.2) is 0 Å². The molecule has 1 unspecified atom stereocenters. The summed E-state index contributed by atoms with van der Waals surface area (Å²) in [5.41, 5.74) is 1.21. The van der Waals surface area contributed by atoms with Gasteiger partial charge in [0.25, 0.3) is 0 Å². The molecule has 0 saturated heterocycles. The van der Waals surface area contributed by atoms with Crippen molar-refractivity contribution in [2.45, 2.75) is 6.04 Å². The lowest BCUT2D eigenvalue weighted by Gasteiger charge is -2.25. The van der Waals surface area contributed by atoms with E-state index < -0.39 is 0 Å². The molecule has 0 radical (unpaired) electrons. The predicted molar refractivity (Wildman–Crippen MR) is 69.9 cm³/mol. The quantitative estimate of drug-likeness (QED) is 0.815. The Labute approximate surface area is 104 Å². The van der Waals surface area contributed by atoms with E-state index in [0.29, 0.717) is 6.04 Å². The molecule has 0 amide bonds. The highest BCUT2D eigenvalue weighted by molar-refractivity contribution is 5.43. The van der Waals surface area contributed by atoms with E-state index in [1.165, 1.54) is 5.56 Å². The van der Waals surface area contributed by atoms with Gasteiger partial charge in [-0.05, 0) is 38.8 Å². The van der Waals surface area contributed by atoms with Crippen LogP contribution in [0.15, 0.2) is 18.2 Å². The fourth-order valence-electron chi connectivity index (χ4n) is 1.85. The average molecular weight is 238 g/mol. The molecule has 0 fully saturated rings. The van der Waals surface area contributed by atoms with Gasteiger partial charge in [-0.2, -0.15) is 0 Å². The predicted octanol–water partition coefficient (Wildman–Crippen LogP) is 1.53. The third-order valence-electron chi connectivity index (χ3n) is 2.81. The van der Waals surface area contributed by atoms with E-state index >= 15 is 0 Å². The number of ether oxygens (including phenoxy) is 2. The molecule has 1 aromatic carbocycles. The second kappa shape index (κ2) is 6.47. The number of likely N-dealkylation sites (N-methyl/N-ethyl adjacent to an activating group) is 2. The number of benzene rings is 1. The third-order valence-corrected chi connectivity index (χ3v) is 2.81. The lowest BCUT2D eigenvalue weighted by Crippen LogP contribution is -2.29. The first-order valence-electron chi connectivity index (χ1n) is 5.67. The van der Waals surface area contributed by atoms with Gasteiger partial charge in [0.15, 0.2) is 11.5 Å². The van der Waals surface area contributed by atoms with Gasteiger partial charge in [0, 0.05) is 12.6 Å². The fourth-order valence-corrected chi connectivity index (χ4v) is 1.85. The van der Waals surface area contributed by atoms with Crippen molar-refractivity contribution in [2.24, 2.45) is 0 Å². The van der Waals surface area contributed by atoms with Crippen LogP contribution in [0.1, 0.15) is 11.6 Å². The summed E-state index contributed by atoms with van der Waals surface area (Å²) in [5, 5.41) is 3.20. The molecule has 0 aliphatic carbocycles. The Kier molecular flexibility index (Phi) is 5.25. The van der Waals surface area contributed by atoms with E-state index in [4.69, 9.17) is 9.47 Å². The zero-order valence-electron chi connectivity index (χ0n) is 11.3. The number of nitrogens with zero attached hydrogens (tertiary/aromatic N) is 1. The van der Waals surface area contributed by atoms with Crippen molar-refractivity contribution in [1.29, 1.82) is 0 Å². The van der Waals surface area contributed by atoms with Gasteiger partial charge >= 0.3 is 0 Å². The van der Waals surface area contributed by atoms with E-state index in [-0.39, 0.29) is 0 Å². The SMILES string of the molecule is CNCC(c1ccc(OC)c(OC)c1)N(C)C. The Balaban J connectivity index is 3.03. The summed E-state index contributed by atoms with van der Waals surface area (Å²) in [7, 11) is 9.40. The van der Waals surface area contributed by atoms with Gasteiger partial charge in [-0.1, -0.05) is 6.07 Å². The maximum atomic E-state index is 5.32. The average Bonchev–Trinajstić information content (AvgIpc) is 2.34. The zero-order valence-corrected chi connectivity index (χ0v) is 11.3. The van der Waals surface area contributed by atoms with Crippen LogP contribution in [0.5, 0.6) is 11.5 Å². The van der Waals surface area contributed by atoms with Crippen LogP contribution in [0.25, 0.3) is 0 Å². The molecule has 17 heavy (non-hydrogen) atoms. The van der Waals surface area contributed by atoms with E-state index in [9.17, 15) is 0 Å². The molecule has 0 aliphatic rings. The van der Waals surface area contributed by atoms with Gasteiger partial charge in [0.2, 0.25) is 0 Å². The molecule has 4 nitrogen and oxygen atoms in total. The van der Waals surface area contributed by atoms with Gasteiger partial charge in [0.05, 0.1) is 14.2 Å². The molecule has 0 aromatic heterocycles. The lowest BCUT2D eigenvalue weighted by molar-refractivity contribution is 0.291. The van der Waals surface area contributed by atoms with Crippen LogP contribution in [0.4, 0.5) is 0 Å². The van der Waals surface area contributed by atoms with Gasteiger partial charge in [-0.3, -0.25) is 0 Å². The minimum atomic E-state index is 0.319. The molecular weight excluding hydrogens is 216 g/mol. The Morgan fingerprint density at radius 3 is 2.29 bits per heavy atom. The van der Waals surface area contributed by atoms with E-state index in [0.717, 1.165) is 18.0 Å². The van der Waals surface area contributed by atoms with Crippen molar-refractivity contribution in [3.63, 3.8) is 0 Å². The molecule has 1 aromatic rings. The second-order valence-electron chi connectivity index (χ2n) is 4.15. The summed E-state index contributed by atoms with van der Waals surface area (Å²) in [6.45, 7) is 0.891. The highest BCUT2D eigenvalue weighted by Gasteiger charge is 2.15. The molecular formula is C13H22N2O2. The van der Waals surface area contributed by atoms with E-state index in [1.807, 2.05) is 19.2 Å². The molecule has 0 saturated carbocycles. The van der Waals surface area contributed by atoms with Crippen molar-refractivity contribution >= 4 is 0 Å². The molecule has 1 N–H and O–H groups in total. The Hall–Kier alpha value is -1.26. The Morgan fingerprint density at radius 1 is 1.18 bits per heavy atom. The minimum absolute atomic E-state index is 0.319. The topological polar surface area (TPSA) is 33.7 Å². The smallest absolute Gasteiger partial charge is 0.161 e. The number of nitrogens with one attached hydrogen (secondary N) is 1. The number of hydrogen-bond donors (Lipinski definition) is 1. The maximum Gasteiger partial charge on any atom is 0.161 e. The van der Waals surface area contributed by atoms with Crippen LogP contribution >= 0.6 is 0 Å². The fraction of sp³-hybridized carbons (Fsp3) is 0.538. The van der Waals surface area contributed by atoms with Crippen LogP contribution in [0.2, 0.25) is 0 Å². The van der Waals surface area contributed by atoms with Crippen molar-refractivity contribution in [3.8, 4) is 11.5 Å². The summed E-state index contributed by atoms with van der Waals surface area (Å²) >= 11 is 0. The molecule has 0 bridgehead atoms. The lowest BCUT2D eigenvalue weighted by atomic mass is 10.1. The highest BCUT2D eigenvalue weighted by Crippen LogP contribution is 2.30. The van der Waals surface area contributed by atoms with Gasteiger partial charge in [0.1, 0.15) is 0 Å². The number of hydrogen-bond acceptors (Lipinski definition) is 4. The van der Waals surface area contributed by atoms with Crippen molar-refractivity contribution in [1.82, 2.24) is 10.2 Å². The number of methoxy groups -OCH3 is 2. The minimum Gasteiger partial charge on any atom is -0.493 e. The van der Waals surface area contributed by atoms with Crippen LogP contribution in [0.3, 0.4) is 0 Å². The summed E-state index contributed by atoms with van der Waals surface area (Å²) in [6, 6.07) is 6.37. The first kappa shape index (κ1) is 13.8. The van der Waals surface area contributed by atoms with Crippen LogP contribution in [-0.4, -0.2) is 46.8 Å². The molecule has 0 aliphatic heterocycles. The summed E-state index contributed by atoms with van der Waals surface area (Å²) < 4.78 is 10.6. The molecule has 96 valence electrons. The van der Waals surface area contributed by atoms with Gasteiger partial charge < -0.3 is 19.7 Å². The second-order valence-corrected chi connectivity index (χ2v) is 4.15. The molecule has 0 heterocycles. The Morgan fingerprint density at radius 2 is 1.82 bits per heavy atom. The summed E-state index contributed by atoms with van der Waals surface area (Å²) in [5.74, 6) is 1.53. The van der Waals surface area contributed by atoms with Crippen molar-refractivity contribution < 1.29 is 9.47 Å². The normalized spacial score (nSPS) is 12.6. The zero-order chi connectivity index (χ0) is 12.8. The monoisotopic (exact) mass is 238 g/mol. The van der Waals surface area contributed by atoms with Crippen molar-refractivity contribution in [2.75, 3.05) is 41.9 Å². The standard InChI is InChI=1S/C13H22N2O2/c1-14-9-11(15(2)3)10-6-7-12(16-4)13(8-10)17-5/h6-8,11,14H,9H2,1-5H3. The first-order chi connectivity index (χ1) is 8.13. The van der Waals surface area contributed by atoms with E-state index in [1.54, 1.807) is 14.2 Å². The molecule has 1 rings (SSSR count). The first-order valence-corrected chi connectivity index (χ1v) is 5.67. The van der Waals surface area contributed by atoms with E-state index in [2.05, 4.69) is 30.4 Å². The summed E-state index contributed by atoms with van der Waals surface area (Å²) in [6.07, 6.45) is 0. The van der Waals surface area contributed by atoms with Crippen LogP contribution in [-0.2, 0) is 0 Å². The number of rotatable bonds is 6. The largest absolute Gasteiger partial charge is 0.493 e. The Bertz CT molecular complexity index is 353. The molecule has 1 atom stereocenters. The maximum absolute atomic E-state index is 5.32. The van der Waals surface area contributed by atoms with Crippen LogP contribution < -0.4 is 14.8 Å². The van der Waals surface area contributed by atoms with Gasteiger partial charge in [-0.15, -0.1) is 0 Å². The third kappa shape index (κ3) is 3.35. The van der Waals surface area contributed by atoms with Crippen LogP contribution in [0, 0.1) is 0 Å². The molecule has 0 spiro atoms. The summed E-state index contributed by atoms with van der Waals surface area (Å²) in [4.78, 5) is 2.18.